The van der Waals surface area contributed by atoms with E-state index in [-0.39, 0.29) is 0 Å². The molecule has 9 heteroatoms. The molecule has 1 aliphatic heterocycles. The first-order valence-electron chi connectivity index (χ1n) is 8.61. The summed E-state index contributed by atoms with van der Waals surface area (Å²) in [4.78, 5) is 20.7. The zero-order valence-corrected chi connectivity index (χ0v) is 16.5. The van der Waals surface area contributed by atoms with Gasteiger partial charge in [-0.15, -0.1) is 0 Å². The number of nitrogens with zero attached hydrogens (tertiary/aromatic N) is 3. The lowest BCUT2D eigenvalue weighted by molar-refractivity contribution is 0.0737. The van der Waals surface area contributed by atoms with Crippen LogP contribution in [0.3, 0.4) is 0 Å². The lowest BCUT2D eigenvalue weighted by atomic mass is 10.1. The maximum Gasteiger partial charge on any atom is 0.259 e. The minimum Gasteiger partial charge on any atom is -0.493 e. The first-order chi connectivity index (χ1) is 13.5. The number of hydrogen-bond acceptors (Lipinski definition) is 5. The second-order valence-corrected chi connectivity index (χ2v) is 7.72. The van der Waals surface area contributed by atoms with Gasteiger partial charge in [0.25, 0.3) is 5.91 Å². The molecule has 28 heavy (non-hydrogen) atoms. The van der Waals surface area contributed by atoms with Crippen LogP contribution in [-0.4, -0.2) is 49.1 Å². The molecule has 1 aliphatic rings. The summed E-state index contributed by atoms with van der Waals surface area (Å²) in [5.41, 5.74) is 0.192. The third-order valence-electron chi connectivity index (χ3n) is 4.67. The van der Waals surface area contributed by atoms with Crippen molar-refractivity contribution < 1.29 is 18.3 Å². The highest BCUT2D eigenvalue weighted by atomic mass is 35.5. The smallest absolute Gasteiger partial charge is 0.259 e. The number of methoxy groups -OCH3 is 1. The molecule has 1 amide bonds. The molecule has 0 atom stereocenters. The Morgan fingerprint density at radius 1 is 1.14 bits per heavy atom. The first-order valence-corrected chi connectivity index (χ1v) is 9.80. The van der Waals surface area contributed by atoms with Gasteiger partial charge in [-0.25, -0.2) is 13.8 Å². The molecule has 0 spiro atoms. The van der Waals surface area contributed by atoms with Crippen molar-refractivity contribution in [3.8, 4) is 5.75 Å². The number of piperazine rings is 1. The molecule has 2 aromatic carbocycles. The fraction of sp³-hybridized carbons (Fsp3) is 0.263. The van der Waals surface area contributed by atoms with Crippen molar-refractivity contribution >= 4 is 44.2 Å². The van der Waals surface area contributed by atoms with Crippen molar-refractivity contribution in [2.45, 2.75) is 0 Å². The largest absolute Gasteiger partial charge is 0.493 e. The molecule has 0 saturated carbocycles. The second-order valence-electron chi connectivity index (χ2n) is 6.30. The SMILES string of the molecule is COc1c(Cl)ccc2sc(N3CCN(C(=O)c4c(F)cccc4F)CC3)nc12. The van der Waals surface area contributed by atoms with E-state index in [2.05, 4.69) is 4.98 Å². The standard InChI is InChI=1S/C19H16ClF2N3O2S/c1-27-17-11(20)5-6-14-16(17)23-19(28-14)25-9-7-24(8-10-25)18(26)15-12(21)3-2-4-13(15)22/h2-6H,7-10H2,1H3. The third kappa shape index (κ3) is 3.27. The quantitative estimate of drug-likeness (QED) is 0.633. The Morgan fingerprint density at radius 2 is 1.82 bits per heavy atom. The lowest BCUT2D eigenvalue weighted by Gasteiger charge is -2.34. The highest BCUT2D eigenvalue weighted by Crippen LogP contribution is 2.38. The Bertz CT molecular complexity index is 1030. The number of thiazole rings is 1. The van der Waals surface area contributed by atoms with Crippen LogP contribution in [0.5, 0.6) is 5.75 Å². The molecule has 4 rings (SSSR count). The van der Waals surface area contributed by atoms with Gasteiger partial charge in [-0.3, -0.25) is 4.79 Å². The minimum atomic E-state index is -0.845. The number of anilines is 1. The maximum atomic E-state index is 13.9. The average molecular weight is 424 g/mol. The fourth-order valence-corrected chi connectivity index (χ4v) is 4.47. The summed E-state index contributed by atoms with van der Waals surface area (Å²) in [5, 5.41) is 1.29. The van der Waals surface area contributed by atoms with E-state index in [1.165, 1.54) is 22.3 Å². The molecule has 1 saturated heterocycles. The predicted octanol–water partition coefficient (Wildman–Crippen LogP) is 4.20. The van der Waals surface area contributed by atoms with Crippen molar-refractivity contribution in [1.29, 1.82) is 0 Å². The predicted molar refractivity (Wildman–Crippen MR) is 106 cm³/mol. The van der Waals surface area contributed by atoms with Gasteiger partial charge in [0, 0.05) is 26.2 Å². The number of rotatable bonds is 3. The molecule has 1 aromatic heterocycles. The van der Waals surface area contributed by atoms with E-state index in [0.717, 1.165) is 22.0 Å². The Labute approximate surface area is 169 Å². The normalized spacial score (nSPS) is 14.6. The van der Waals surface area contributed by atoms with Crippen molar-refractivity contribution in [2.24, 2.45) is 0 Å². The van der Waals surface area contributed by atoms with Crippen molar-refractivity contribution in [2.75, 3.05) is 38.2 Å². The number of halogens is 3. The van der Waals surface area contributed by atoms with Crippen LogP contribution >= 0.6 is 22.9 Å². The highest BCUT2D eigenvalue weighted by Gasteiger charge is 2.27. The van der Waals surface area contributed by atoms with E-state index >= 15 is 0 Å². The summed E-state index contributed by atoms with van der Waals surface area (Å²) in [7, 11) is 1.55. The number of amides is 1. The van der Waals surface area contributed by atoms with Crippen LogP contribution < -0.4 is 9.64 Å². The molecule has 5 nitrogen and oxygen atoms in total. The van der Waals surface area contributed by atoms with Gasteiger partial charge in [-0.05, 0) is 24.3 Å². The molecule has 0 N–H and O–H groups in total. The Hall–Kier alpha value is -2.45. The van der Waals surface area contributed by atoms with Gasteiger partial charge >= 0.3 is 0 Å². The summed E-state index contributed by atoms with van der Waals surface area (Å²) in [5.74, 6) is -1.79. The summed E-state index contributed by atoms with van der Waals surface area (Å²) < 4.78 is 34.1. The number of carbonyl (C=O) groups is 1. The Balaban J connectivity index is 1.52. The molecule has 0 radical (unpaired) electrons. The number of fused-ring (bicyclic) bond motifs is 1. The zero-order chi connectivity index (χ0) is 19.8. The summed E-state index contributed by atoms with van der Waals surface area (Å²) in [6, 6.07) is 7.08. The first kappa shape index (κ1) is 18.9. The van der Waals surface area contributed by atoms with Crippen LogP contribution in [0.4, 0.5) is 13.9 Å². The van der Waals surface area contributed by atoms with Crippen LogP contribution in [0.15, 0.2) is 30.3 Å². The van der Waals surface area contributed by atoms with Gasteiger partial charge in [-0.2, -0.15) is 0 Å². The molecule has 146 valence electrons. The maximum absolute atomic E-state index is 13.9. The molecule has 1 fully saturated rings. The van der Waals surface area contributed by atoms with E-state index in [1.807, 2.05) is 11.0 Å². The average Bonchev–Trinajstić information content (AvgIpc) is 3.12. The molecular weight excluding hydrogens is 408 g/mol. The minimum absolute atomic E-state index is 0.348. The molecule has 3 aromatic rings. The highest BCUT2D eigenvalue weighted by molar-refractivity contribution is 7.22. The lowest BCUT2D eigenvalue weighted by Crippen LogP contribution is -2.49. The van der Waals surface area contributed by atoms with Crippen molar-refractivity contribution in [3.63, 3.8) is 0 Å². The van der Waals surface area contributed by atoms with Gasteiger partial charge in [0.05, 0.1) is 16.8 Å². The van der Waals surface area contributed by atoms with Crippen LogP contribution in [0.25, 0.3) is 10.2 Å². The molecule has 0 bridgehead atoms. The van der Waals surface area contributed by atoms with Crippen LogP contribution in [-0.2, 0) is 0 Å². The summed E-state index contributed by atoms with van der Waals surface area (Å²) in [6.07, 6.45) is 0. The van der Waals surface area contributed by atoms with Gasteiger partial charge < -0.3 is 14.5 Å². The molecule has 0 unspecified atom stereocenters. The van der Waals surface area contributed by atoms with Gasteiger partial charge in [0.15, 0.2) is 10.9 Å². The van der Waals surface area contributed by atoms with Gasteiger partial charge in [-0.1, -0.05) is 29.0 Å². The third-order valence-corrected chi connectivity index (χ3v) is 6.05. The number of benzene rings is 2. The molecule has 0 aliphatic carbocycles. The van der Waals surface area contributed by atoms with Gasteiger partial charge in [0.1, 0.15) is 22.7 Å². The molecular formula is C19H16ClF2N3O2S. The van der Waals surface area contributed by atoms with Gasteiger partial charge in [0.2, 0.25) is 0 Å². The number of carbonyl (C=O) groups excluding carboxylic acids is 1. The summed E-state index contributed by atoms with van der Waals surface area (Å²) in [6.45, 7) is 1.72. The second kappa shape index (κ2) is 7.52. The van der Waals surface area contributed by atoms with Crippen molar-refractivity contribution in [3.05, 3.63) is 52.6 Å². The number of aromatic nitrogens is 1. The van der Waals surface area contributed by atoms with Crippen LogP contribution in [0, 0.1) is 11.6 Å². The van der Waals surface area contributed by atoms with E-state index in [9.17, 15) is 13.6 Å². The van der Waals surface area contributed by atoms with Crippen molar-refractivity contribution in [1.82, 2.24) is 9.88 Å². The van der Waals surface area contributed by atoms with Crippen LogP contribution in [0.1, 0.15) is 10.4 Å². The van der Waals surface area contributed by atoms with Crippen LogP contribution in [0.2, 0.25) is 5.02 Å². The Morgan fingerprint density at radius 3 is 2.46 bits per heavy atom. The van der Waals surface area contributed by atoms with E-state index < -0.39 is 23.1 Å². The fourth-order valence-electron chi connectivity index (χ4n) is 3.22. The number of ether oxygens (including phenoxy) is 1. The topological polar surface area (TPSA) is 45.7 Å². The number of hydrogen-bond donors (Lipinski definition) is 0. The van der Waals surface area contributed by atoms with E-state index in [0.29, 0.717) is 42.5 Å². The molecule has 2 heterocycles. The summed E-state index contributed by atoms with van der Waals surface area (Å²) >= 11 is 7.66. The van der Waals surface area contributed by atoms with E-state index in [4.69, 9.17) is 16.3 Å². The zero-order valence-electron chi connectivity index (χ0n) is 14.9. The monoisotopic (exact) mass is 423 g/mol. The van der Waals surface area contributed by atoms with E-state index in [1.54, 1.807) is 13.2 Å². The Kier molecular flexibility index (Phi) is 5.07.